The van der Waals surface area contributed by atoms with Crippen molar-refractivity contribution in [2.75, 3.05) is 0 Å². The van der Waals surface area contributed by atoms with E-state index in [1.807, 2.05) is 0 Å². The molecule has 5 nitrogen and oxygen atoms in total. The number of H-pyrrole nitrogens is 1. The van der Waals surface area contributed by atoms with E-state index >= 15 is 0 Å². The SMILES string of the molecule is CC(=O)c1ccc2[nH]c(C(=O)O)c(C)c(=O)c2c1. The van der Waals surface area contributed by atoms with Crippen LogP contribution in [0.15, 0.2) is 23.0 Å². The number of carboxylic acid groups (broad SMARTS) is 1. The summed E-state index contributed by atoms with van der Waals surface area (Å²) in [6.07, 6.45) is 0. The smallest absolute Gasteiger partial charge is 0.352 e. The number of aromatic nitrogens is 1. The zero-order valence-electron chi connectivity index (χ0n) is 9.90. The summed E-state index contributed by atoms with van der Waals surface area (Å²) < 4.78 is 0. The summed E-state index contributed by atoms with van der Waals surface area (Å²) in [6.45, 7) is 2.86. The zero-order valence-corrected chi connectivity index (χ0v) is 9.90. The molecule has 0 bridgehead atoms. The topological polar surface area (TPSA) is 87.2 Å². The van der Waals surface area contributed by atoms with Crippen LogP contribution in [0.5, 0.6) is 0 Å². The minimum Gasteiger partial charge on any atom is -0.477 e. The van der Waals surface area contributed by atoms with Crippen LogP contribution in [0, 0.1) is 6.92 Å². The molecular formula is C13H11NO4. The highest BCUT2D eigenvalue weighted by Gasteiger charge is 2.14. The van der Waals surface area contributed by atoms with Crippen LogP contribution < -0.4 is 5.43 Å². The number of benzene rings is 1. The lowest BCUT2D eigenvalue weighted by Crippen LogP contribution is -2.15. The van der Waals surface area contributed by atoms with Crippen molar-refractivity contribution in [2.24, 2.45) is 0 Å². The van der Waals surface area contributed by atoms with Gasteiger partial charge in [-0.3, -0.25) is 9.59 Å². The Morgan fingerprint density at radius 2 is 1.94 bits per heavy atom. The molecule has 18 heavy (non-hydrogen) atoms. The fraction of sp³-hybridized carbons (Fsp3) is 0.154. The standard InChI is InChI=1S/C13H11NO4/c1-6-11(13(17)18)14-10-4-3-8(7(2)15)5-9(10)12(6)16/h3-5H,1-2H3,(H,14,16)(H,17,18). The predicted molar refractivity (Wildman–Crippen MR) is 66.3 cm³/mol. The second-order valence-electron chi connectivity index (χ2n) is 4.08. The summed E-state index contributed by atoms with van der Waals surface area (Å²) in [5.74, 6) is -1.32. The Balaban J connectivity index is 2.87. The molecule has 0 aliphatic heterocycles. The fourth-order valence-corrected chi connectivity index (χ4v) is 1.82. The van der Waals surface area contributed by atoms with Gasteiger partial charge in [0.05, 0.1) is 0 Å². The monoisotopic (exact) mass is 245 g/mol. The quantitative estimate of drug-likeness (QED) is 0.789. The molecule has 0 spiro atoms. The van der Waals surface area contributed by atoms with E-state index in [1.54, 1.807) is 12.1 Å². The summed E-state index contributed by atoms with van der Waals surface area (Å²) >= 11 is 0. The highest BCUT2D eigenvalue weighted by Crippen LogP contribution is 2.14. The highest BCUT2D eigenvalue weighted by molar-refractivity contribution is 5.99. The number of rotatable bonds is 2. The van der Waals surface area contributed by atoms with Gasteiger partial charge in [0.15, 0.2) is 11.2 Å². The number of hydrogen-bond acceptors (Lipinski definition) is 3. The van der Waals surface area contributed by atoms with Crippen molar-refractivity contribution in [1.82, 2.24) is 4.98 Å². The zero-order chi connectivity index (χ0) is 13.4. The third-order valence-electron chi connectivity index (χ3n) is 2.86. The molecule has 5 heteroatoms. The van der Waals surface area contributed by atoms with Gasteiger partial charge in [-0.25, -0.2) is 4.79 Å². The number of ketones is 1. The highest BCUT2D eigenvalue weighted by atomic mass is 16.4. The van der Waals surface area contributed by atoms with Gasteiger partial charge in [0, 0.05) is 22.0 Å². The molecule has 0 amide bonds. The molecule has 1 aromatic heterocycles. The number of Topliss-reactive ketones (excluding diaryl/α,β-unsaturated/α-hetero) is 1. The number of carbonyl (C=O) groups excluding carboxylic acids is 1. The summed E-state index contributed by atoms with van der Waals surface area (Å²) in [6, 6.07) is 4.58. The van der Waals surface area contributed by atoms with Gasteiger partial charge in [0.2, 0.25) is 0 Å². The van der Waals surface area contributed by atoms with E-state index in [0.717, 1.165) is 0 Å². The van der Waals surface area contributed by atoms with Crippen LogP contribution in [0.1, 0.15) is 33.3 Å². The second kappa shape index (κ2) is 4.10. The van der Waals surface area contributed by atoms with Crippen molar-refractivity contribution in [1.29, 1.82) is 0 Å². The summed E-state index contributed by atoms with van der Waals surface area (Å²) in [5.41, 5.74) is 0.478. The Morgan fingerprint density at radius 1 is 1.28 bits per heavy atom. The van der Waals surface area contributed by atoms with Crippen molar-refractivity contribution < 1.29 is 14.7 Å². The first-order valence-electron chi connectivity index (χ1n) is 5.32. The maximum absolute atomic E-state index is 12.0. The molecule has 1 aromatic carbocycles. The van der Waals surface area contributed by atoms with Crippen LogP contribution in [0.2, 0.25) is 0 Å². The minimum absolute atomic E-state index is 0.122. The van der Waals surface area contributed by atoms with E-state index in [0.29, 0.717) is 16.5 Å². The molecule has 2 N–H and O–H groups in total. The lowest BCUT2D eigenvalue weighted by Gasteiger charge is -2.05. The number of pyridine rings is 1. The molecule has 0 atom stereocenters. The van der Waals surface area contributed by atoms with Gasteiger partial charge < -0.3 is 10.1 Å². The molecule has 92 valence electrons. The van der Waals surface area contributed by atoms with E-state index in [-0.39, 0.29) is 22.5 Å². The Hall–Kier alpha value is -2.43. The van der Waals surface area contributed by atoms with Gasteiger partial charge in [-0.1, -0.05) is 0 Å². The van der Waals surface area contributed by atoms with E-state index in [9.17, 15) is 14.4 Å². The van der Waals surface area contributed by atoms with E-state index in [1.165, 1.54) is 19.9 Å². The summed E-state index contributed by atoms with van der Waals surface area (Å²) in [7, 11) is 0. The number of aromatic amines is 1. The maximum Gasteiger partial charge on any atom is 0.352 e. The number of fused-ring (bicyclic) bond motifs is 1. The van der Waals surface area contributed by atoms with Crippen LogP contribution in [0.3, 0.4) is 0 Å². The predicted octanol–water partition coefficient (Wildman–Crippen LogP) is 1.74. The molecule has 2 aromatic rings. The molecule has 0 aliphatic rings. The summed E-state index contributed by atoms with van der Waals surface area (Å²) in [4.78, 5) is 36.9. The molecule has 0 aliphatic carbocycles. The van der Waals surface area contributed by atoms with Crippen molar-refractivity contribution in [2.45, 2.75) is 13.8 Å². The van der Waals surface area contributed by atoms with Crippen LogP contribution >= 0.6 is 0 Å². The molecular weight excluding hydrogens is 234 g/mol. The van der Waals surface area contributed by atoms with Crippen molar-refractivity contribution in [3.05, 3.63) is 45.2 Å². The van der Waals surface area contributed by atoms with Gasteiger partial charge in [-0.2, -0.15) is 0 Å². The van der Waals surface area contributed by atoms with E-state index in [2.05, 4.69) is 4.98 Å². The number of carbonyl (C=O) groups is 2. The van der Waals surface area contributed by atoms with Crippen molar-refractivity contribution in [3.63, 3.8) is 0 Å². The number of aromatic carboxylic acids is 1. The summed E-state index contributed by atoms with van der Waals surface area (Å²) in [5, 5.41) is 9.29. The first-order chi connectivity index (χ1) is 8.41. The average molecular weight is 245 g/mol. The molecule has 0 unspecified atom stereocenters. The Labute approximate surface area is 102 Å². The van der Waals surface area contributed by atoms with E-state index in [4.69, 9.17) is 5.11 Å². The molecule has 1 heterocycles. The normalized spacial score (nSPS) is 10.6. The Kier molecular flexibility index (Phi) is 2.74. The van der Waals surface area contributed by atoms with Crippen molar-refractivity contribution >= 4 is 22.7 Å². The third kappa shape index (κ3) is 1.79. The molecule has 0 fully saturated rings. The molecule has 0 radical (unpaired) electrons. The third-order valence-corrected chi connectivity index (χ3v) is 2.86. The van der Waals surface area contributed by atoms with Gasteiger partial charge in [0.25, 0.3) is 0 Å². The Bertz CT molecular complexity index is 728. The van der Waals surface area contributed by atoms with Crippen LogP contribution in [-0.4, -0.2) is 21.8 Å². The van der Waals surface area contributed by atoms with Gasteiger partial charge in [-0.15, -0.1) is 0 Å². The van der Waals surface area contributed by atoms with Crippen LogP contribution in [0.4, 0.5) is 0 Å². The minimum atomic E-state index is -1.18. The van der Waals surface area contributed by atoms with Crippen LogP contribution in [-0.2, 0) is 0 Å². The maximum atomic E-state index is 12.0. The first-order valence-corrected chi connectivity index (χ1v) is 5.32. The molecule has 2 rings (SSSR count). The van der Waals surface area contributed by atoms with Gasteiger partial charge >= 0.3 is 5.97 Å². The lowest BCUT2D eigenvalue weighted by molar-refractivity contribution is 0.0689. The lowest BCUT2D eigenvalue weighted by atomic mass is 10.0. The Morgan fingerprint density at radius 3 is 2.50 bits per heavy atom. The fourth-order valence-electron chi connectivity index (χ4n) is 1.82. The van der Waals surface area contributed by atoms with Gasteiger partial charge in [0.1, 0.15) is 5.69 Å². The van der Waals surface area contributed by atoms with E-state index < -0.39 is 5.97 Å². The average Bonchev–Trinajstić information content (AvgIpc) is 2.32. The number of nitrogens with one attached hydrogen (secondary N) is 1. The number of hydrogen-bond donors (Lipinski definition) is 2. The molecule has 0 saturated heterocycles. The largest absolute Gasteiger partial charge is 0.477 e. The molecule has 0 saturated carbocycles. The van der Waals surface area contributed by atoms with Gasteiger partial charge in [-0.05, 0) is 32.0 Å². The van der Waals surface area contributed by atoms with Crippen molar-refractivity contribution in [3.8, 4) is 0 Å². The first kappa shape index (κ1) is 12.0. The number of carboxylic acids is 1. The second-order valence-corrected chi connectivity index (χ2v) is 4.08. The van der Waals surface area contributed by atoms with Crippen LogP contribution in [0.25, 0.3) is 10.9 Å².